The number of amides is 1. The summed E-state index contributed by atoms with van der Waals surface area (Å²) >= 11 is 0. The predicted molar refractivity (Wildman–Crippen MR) is 114 cm³/mol. The minimum absolute atomic E-state index is 0.0650. The Balaban J connectivity index is 1.64. The number of rotatable bonds is 3. The van der Waals surface area contributed by atoms with Gasteiger partial charge in [-0.1, -0.05) is 12.1 Å². The molecule has 0 saturated carbocycles. The molecule has 1 aromatic carbocycles. The van der Waals surface area contributed by atoms with E-state index in [0.717, 1.165) is 24.1 Å². The van der Waals surface area contributed by atoms with Crippen LogP contribution in [0.25, 0.3) is 0 Å². The van der Waals surface area contributed by atoms with Crippen molar-refractivity contribution in [3.63, 3.8) is 0 Å². The second kappa shape index (κ2) is 7.84. The molecule has 0 aliphatic carbocycles. The average Bonchev–Trinajstić information content (AvgIpc) is 2.82. The van der Waals surface area contributed by atoms with Crippen LogP contribution >= 0.6 is 0 Å². The van der Waals surface area contributed by atoms with Gasteiger partial charge < -0.3 is 23.7 Å². The molecule has 1 aromatic rings. The molecule has 2 aliphatic rings. The van der Waals surface area contributed by atoms with Crippen molar-refractivity contribution in [2.45, 2.75) is 84.2 Å². The number of benzene rings is 1. The Labute approximate surface area is 175 Å². The van der Waals surface area contributed by atoms with Gasteiger partial charge in [0.1, 0.15) is 17.5 Å². The van der Waals surface area contributed by atoms with E-state index in [1.54, 1.807) is 4.90 Å². The van der Waals surface area contributed by atoms with Crippen LogP contribution in [0.2, 0.25) is 0 Å². The summed E-state index contributed by atoms with van der Waals surface area (Å²) < 4.78 is 24.0. The van der Waals surface area contributed by atoms with Gasteiger partial charge in [-0.3, -0.25) is 0 Å². The molecular formula is C22H34BNO5. The second-order valence-corrected chi connectivity index (χ2v) is 9.97. The Kier molecular flexibility index (Phi) is 5.94. The van der Waals surface area contributed by atoms with E-state index in [-0.39, 0.29) is 23.4 Å². The maximum atomic E-state index is 12.4. The van der Waals surface area contributed by atoms with Crippen molar-refractivity contribution in [2.75, 3.05) is 13.1 Å². The molecule has 2 fully saturated rings. The zero-order valence-corrected chi connectivity index (χ0v) is 18.8. The van der Waals surface area contributed by atoms with E-state index in [1.165, 1.54) is 0 Å². The standard InChI is InChI=1S/C22H34BNO5/c1-20(2,3)27-19(25)24-13-9-12-18(15-24)26-17-11-8-10-16(14-17)23-28-21(4,5)22(6,7)29-23/h8,10-11,14,18H,9,12-13,15H2,1-7H3. The van der Waals surface area contributed by atoms with Gasteiger partial charge in [0.25, 0.3) is 0 Å². The van der Waals surface area contributed by atoms with Crippen molar-refractivity contribution in [2.24, 2.45) is 0 Å². The van der Waals surface area contributed by atoms with E-state index in [1.807, 2.05) is 72.7 Å². The first-order valence-electron chi connectivity index (χ1n) is 10.5. The van der Waals surface area contributed by atoms with Gasteiger partial charge in [0, 0.05) is 6.54 Å². The van der Waals surface area contributed by atoms with Crippen LogP contribution in [0.15, 0.2) is 24.3 Å². The smallest absolute Gasteiger partial charge is 0.489 e. The molecule has 1 atom stereocenters. The highest BCUT2D eigenvalue weighted by Gasteiger charge is 2.51. The Morgan fingerprint density at radius 3 is 2.45 bits per heavy atom. The van der Waals surface area contributed by atoms with Crippen LogP contribution < -0.4 is 10.2 Å². The summed E-state index contributed by atoms with van der Waals surface area (Å²) in [7, 11) is -0.423. The fourth-order valence-electron chi connectivity index (χ4n) is 3.43. The molecule has 3 rings (SSSR count). The second-order valence-electron chi connectivity index (χ2n) is 9.97. The molecule has 0 spiro atoms. The van der Waals surface area contributed by atoms with Crippen LogP contribution in [0.3, 0.4) is 0 Å². The van der Waals surface area contributed by atoms with Gasteiger partial charge in [-0.2, -0.15) is 0 Å². The third-order valence-corrected chi connectivity index (χ3v) is 5.72. The lowest BCUT2D eigenvalue weighted by Crippen LogP contribution is -2.46. The molecule has 0 N–H and O–H groups in total. The largest absolute Gasteiger partial charge is 0.494 e. The molecular weight excluding hydrogens is 369 g/mol. The number of carbonyl (C=O) groups is 1. The van der Waals surface area contributed by atoms with E-state index in [0.29, 0.717) is 13.1 Å². The zero-order chi connectivity index (χ0) is 21.4. The molecule has 2 saturated heterocycles. The van der Waals surface area contributed by atoms with Crippen molar-refractivity contribution < 1.29 is 23.6 Å². The topological polar surface area (TPSA) is 57.2 Å². The molecule has 2 aliphatic heterocycles. The fourth-order valence-corrected chi connectivity index (χ4v) is 3.43. The Morgan fingerprint density at radius 1 is 1.17 bits per heavy atom. The van der Waals surface area contributed by atoms with Crippen molar-refractivity contribution in [3.8, 4) is 5.75 Å². The summed E-state index contributed by atoms with van der Waals surface area (Å²) in [4.78, 5) is 14.1. The maximum absolute atomic E-state index is 12.4. The number of nitrogens with zero attached hydrogens (tertiary/aromatic N) is 1. The van der Waals surface area contributed by atoms with Gasteiger partial charge in [0.05, 0.1) is 17.7 Å². The summed E-state index contributed by atoms with van der Waals surface area (Å²) in [6, 6.07) is 7.84. The number of hydrogen-bond acceptors (Lipinski definition) is 5. The summed E-state index contributed by atoms with van der Waals surface area (Å²) in [6.07, 6.45) is 1.45. The normalized spacial score (nSPS) is 23.8. The Hall–Kier alpha value is -1.73. The molecule has 1 unspecified atom stereocenters. The zero-order valence-electron chi connectivity index (χ0n) is 18.8. The number of ether oxygens (including phenoxy) is 2. The van der Waals surface area contributed by atoms with Crippen LogP contribution in [0.5, 0.6) is 5.75 Å². The molecule has 6 nitrogen and oxygen atoms in total. The SMILES string of the molecule is CC(C)(C)OC(=O)N1CCCC(Oc2cccc(B3OC(C)(C)C(C)(C)O3)c2)C1. The van der Waals surface area contributed by atoms with Crippen LogP contribution in [0.4, 0.5) is 4.79 Å². The van der Waals surface area contributed by atoms with E-state index >= 15 is 0 Å². The minimum atomic E-state index is -0.498. The number of piperidine rings is 1. The lowest BCUT2D eigenvalue weighted by atomic mass is 9.79. The summed E-state index contributed by atoms with van der Waals surface area (Å²) in [6.45, 7) is 15.0. The van der Waals surface area contributed by atoms with Gasteiger partial charge in [-0.15, -0.1) is 0 Å². The molecule has 29 heavy (non-hydrogen) atoms. The molecule has 7 heteroatoms. The van der Waals surface area contributed by atoms with Crippen LogP contribution in [-0.4, -0.2) is 54.1 Å². The first-order valence-corrected chi connectivity index (χ1v) is 10.5. The minimum Gasteiger partial charge on any atom is -0.489 e. The molecule has 1 amide bonds. The predicted octanol–water partition coefficient (Wildman–Crippen LogP) is 3.76. The summed E-state index contributed by atoms with van der Waals surface area (Å²) in [5, 5.41) is 0. The Bertz CT molecular complexity index is 727. The lowest BCUT2D eigenvalue weighted by molar-refractivity contribution is 0.00578. The fraction of sp³-hybridized carbons (Fsp3) is 0.682. The number of likely N-dealkylation sites (tertiary alicyclic amines) is 1. The Morgan fingerprint density at radius 2 is 1.83 bits per heavy atom. The highest BCUT2D eigenvalue weighted by Crippen LogP contribution is 2.36. The third kappa shape index (κ3) is 5.26. The monoisotopic (exact) mass is 403 g/mol. The van der Waals surface area contributed by atoms with Crippen molar-refractivity contribution in [1.82, 2.24) is 4.90 Å². The molecule has 0 bridgehead atoms. The van der Waals surface area contributed by atoms with Gasteiger partial charge in [-0.05, 0) is 78.9 Å². The maximum Gasteiger partial charge on any atom is 0.494 e. The molecule has 2 heterocycles. The number of carbonyl (C=O) groups excluding carboxylic acids is 1. The molecule has 0 radical (unpaired) electrons. The first-order chi connectivity index (χ1) is 13.4. The van der Waals surface area contributed by atoms with Crippen LogP contribution in [0.1, 0.15) is 61.3 Å². The van der Waals surface area contributed by atoms with Crippen LogP contribution in [0, 0.1) is 0 Å². The quantitative estimate of drug-likeness (QED) is 0.720. The van der Waals surface area contributed by atoms with Gasteiger partial charge in [0.15, 0.2) is 0 Å². The number of hydrogen-bond donors (Lipinski definition) is 0. The highest BCUT2D eigenvalue weighted by molar-refractivity contribution is 6.62. The summed E-state index contributed by atoms with van der Waals surface area (Å²) in [5.41, 5.74) is -0.333. The van der Waals surface area contributed by atoms with Crippen molar-refractivity contribution >= 4 is 18.7 Å². The van der Waals surface area contributed by atoms with E-state index in [9.17, 15) is 4.79 Å². The van der Waals surface area contributed by atoms with E-state index in [2.05, 4.69) is 0 Å². The summed E-state index contributed by atoms with van der Waals surface area (Å²) in [5.74, 6) is 0.758. The lowest BCUT2D eigenvalue weighted by Gasteiger charge is -2.34. The van der Waals surface area contributed by atoms with E-state index in [4.69, 9.17) is 18.8 Å². The van der Waals surface area contributed by atoms with Crippen molar-refractivity contribution in [3.05, 3.63) is 24.3 Å². The molecule has 160 valence electrons. The highest BCUT2D eigenvalue weighted by atomic mass is 16.7. The van der Waals surface area contributed by atoms with Gasteiger partial charge in [-0.25, -0.2) is 4.79 Å². The average molecular weight is 403 g/mol. The van der Waals surface area contributed by atoms with Crippen molar-refractivity contribution in [1.29, 1.82) is 0 Å². The van der Waals surface area contributed by atoms with Gasteiger partial charge >= 0.3 is 13.2 Å². The molecule has 0 aromatic heterocycles. The first kappa shape index (κ1) is 22.0. The van der Waals surface area contributed by atoms with Gasteiger partial charge in [0.2, 0.25) is 0 Å². The van der Waals surface area contributed by atoms with E-state index < -0.39 is 12.7 Å². The van der Waals surface area contributed by atoms with Crippen LogP contribution in [-0.2, 0) is 14.0 Å². The third-order valence-electron chi connectivity index (χ3n) is 5.72.